The number of methoxy groups -OCH3 is 1. The van der Waals surface area contributed by atoms with E-state index in [0.717, 1.165) is 0 Å². The van der Waals surface area contributed by atoms with Crippen LogP contribution in [-0.2, 0) is 25.9 Å². The zero-order valence-electron chi connectivity index (χ0n) is 10.3. The molecule has 1 rings (SSSR count). The number of H-pyrrole nitrogens is 1. The van der Waals surface area contributed by atoms with Crippen LogP contribution in [0, 0.1) is 4.77 Å². The van der Waals surface area contributed by atoms with Gasteiger partial charge in [-0.2, -0.15) is 5.10 Å². The summed E-state index contributed by atoms with van der Waals surface area (Å²) in [6.45, 7) is 4.13. The van der Waals surface area contributed by atoms with E-state index in [1.165, 1.54) is 6.26 Å². The number of nitrogens with zero attached hydrogens (tertiary/aromatic N) is 2. The minimum Gasteiger partial charge on any atom is -0.383 e. The number of nitrogens with one attached hydrogen (secondary N) is 1. The molecule has 6 nitrogen and oxygen atoms in total. The van der Waals surface area contributed by atoms with Gasteiger partial charge >= 0.3 is 0 Å². The lowest BCUT2D eigenvalue weighted by molar-refractivity contribution is 0.185. The largest absolute Gasteiger partial charge is 0.383 e. The Bertz CT molecular complexity index is 542. The van der Waals surface area contributed by atoms with Crippen molar-refractivity contribution in [2.45, 2.75) is 25.1 Å². The van der Waals surface area contributed by atoms with Crippen LogP contribution in [0.15, 0.2) is 0 Å². The van der Waals surface area contributed by atoms with Gasteiger partial charge in [0.25, 0.3) is 0 Å². The van der Waals surface area contributed by atoms with Crippen molar-refractivity contribution in [1.29, 1.82) is 0 Å². The summed E-state index contributed by atoms with van der Waals surface area (Å²) >= 11 is 5.07. The van der Waals surface area contributed by atoms with E-state index >= 15 is 0 Å². The molecule has 8 heteroatoms. The summed E-state index contributed by atoms with van der Waals surface area (Å²) in [5.41, 5.74) is 0. The van der Waals surface area contributed by atoms with Crippen LogP contribution < -0.4 is 0 Å². The monoisotopic (exact) mass is 279 g/mol. The number of rotatable bonds is 5. The second-order valence-electron chi connectivity index (χ2n) is 4.28. The van der Waals surface area contributed by atoms with Crippen LogP contribution in [0.4, 0.5) is 0 Å². The maximum Gasteiger partial charge on any atom is 0.195 e. The Hall–Kier alpha value is -0.730. The molecule has 17 heavy (non-hydrogen) atoms. The predicted molar refractivity (Wildman–Crippen MR) is 67.2 cm³/mol. The Balaban J connectivity index is 3.28. The summed E-state index contributed by atoms with van der Waals surface area (Å²) in [6, 6.07) is 0. The third-order valence-electron chi connectivity index (χ3n) is 2.74. The van der Waals surface area contributed by atoms with E-state index in [1.54, 1.807) is 25.5 Å². The van der Waals surface area contributed by atoms with E-state index in [-0.39, 0.29) is 0 Å². The summed E-state index contributed by atoms with van der Waals surface area (Å²) in [5, 5.41) is 6.64. The van der Waals surface area contributed by atoms with Crippen LogP contribution in [-0.4, -0.2) is 43.2 Å². The van der Waals surface area contributed by atoms with Crippen molar-refractivity contribution in [3.63, 3.8) is 0 Å². The first kappa shape index (κ1) is 14.3. The third kappa shape index (κ3) is 2.75. The van der Waals surface area contributed by atoms with Crippen molar-refractivity contribution in [3.05, 3.63) is 10.6 Å². The molecule has 0 fully saturated rings. The second-order valence-corrected chi connectivity index (χ2v) is 7.23. The standard InChI is InChI=1S/C9H17N3O3S2/c1-9(2,17(4,13)14)7-10-11-8(16)12(7)5-6-15-3/h5-6H2,1-4H3,(H,11,16). The molecule has 0 aliphatic carbocycles. The highest BCUT2D eigenvalue weighted by Crippen LogP contribution is 2.27. The summed E-state index contributed by atoms with van der Waals surface area (Å²) in [6.07, 6.45) is 1.19. The smallest absolute Gasteiger partial charge is 0.195 e. The topological polar surface area (TPSA) is 77.0 Å². The molecule has 0 unspecified atom stereocenters. The third-order valence-corrected chi connectivity index (χ3v) is 5.09. The first-order valence-electron chi connectivity index (χ1n) is 5.06. The number of aromatic nitrogens is 3. The lowest BCUT2D eigenvalue weighted by Crippen LogP contribution is -2.32. The molecule has 0 bridgehead atoms. The molecule has 0 amide bonds. The van der Waals surface area contributed by atoms with Gasteiger partial charge in [-0.1, -0.05) is 0 Å². The predicted octanol–water partition coefficient (Wildman–Crippen LogP) is 0.867. The molecule has 1 N–H and O–H groups in total. The van der Waals surface area contributed by atoms with Gasteiger partial charge in [0.05, 0.1) is 13.2 Å². The molecule has 0 radical (unpaired) electrons. The first-order chi connectivity index (χ1) is 7.71. The van der Waals surface area contributed by atoms with Crippen LogP contribution >= 0.6 is 12.2 Å². The average Bonchev–Trinajstić information content (AvgIpc) is 2.55. The highest BCUT2D eigenvalue weighted by molar-refractivity contribution is 7.91. The summed E-state index contributed by atoms with van der Waals surface area (Å²) in [7, 11) is -1.71. The molecular formula is C9H17N3O3S2. The van der Waals surface area contributed by atoms with Crippen molar-refractivity contribution >= 4 is 22.1 Å². The molecular weight excluding hydrogens is 262 g/mol. The fourth-order valence-electron chi connectivity index (χ4n) is 1.33. The van der Waals surface area contributed by atoms with Crippen molar-refractivity contribution in [2.75, 3.05) is 20.0 Å². The Morgan fingerprint density at radius 3 is 2.59 bits per heavy atom. The van der Waals surface area contributed by atoms with E-state index in [2.05, 4.69) is 10.2 Å². The molecule has 0 aromatic carbocycles. The fraction of sp³-hybridized carbons (Fsp3) is 0.778. The number of sulfone groups is 1. The van der Waals surface area contributed by atoms with Crippen molar-refractivity contribution < 1.29 is 13.2 Å². The first-order valence-corrected chi connectivity index (χ1v) is 7.36. The zero-order chi connectivity index (χ0) is 13.3. The lowest BCUT2D eigenvalue weighted by Gasteiger charge is -2.22. The van der Waals surface area contributed by atoms with Gasteiger partial charge in [0.15, 0.2) is 20.4 Å². The molecule has 0 aliphatic rings. The Morgan fingerprint density at radius 1 is 1.53 bits per heavy atom. The molecule has 0 spiro atoms. The van der Waals surface area contributed by atoms with Crippen LogP contribution in [0.2, 0.25) is 0 Å². The Morgan fingerprint density at radius 2 is 2.12 bits per heavy atom. The van der Waals surface area contributed by atoms with Crippen LogP contribution in [0.3, 0.4) is 0 Å². The van der Waals surface area contributed by atoms with E-state index in [0.29, 0.717) is 23.7 Å². The number of hydrogen-bond acceptors (Lipinski definition) is 5. The van der Waals surface area contributed by atoms with Gasteiger partial charge in [0.2, 0.25) is 0 Å². The van der Waals surface area contributed by atoms with E-state index in [9.17, 15) is 8.42 Å². The zero-order valence-corrected chi connectivity index (χ0v) is 12.0. The average molecular weight is 279 g/mol. The fourth-order valence-corrected chi connectivity index (χ4v) is 2.04. The lowest BCUT2D eigenvalue weighted by atomic mass is 10.2. The highest BCUT2D eigenvalue weighted by atomic mass is 32.2. The van der Waals surface area contributed by atoms with Crippen molar-refractivity contribution in [1.82, 2.24) is 14.8 Å². The van der Waals surface area contributed by atoms with Crippen LogP contribution in [0.25, 0.3) is 0 Å². The molecule has 1 heterocycles. The maximum atomic E-state index is 11.8. The normalized spacial score (nSPS) is 12.9. The SMILES string of the molecule is COCCn1c(C(C)(C)S(C)(=O)=O)n[nH]c1=S. The van der Waals surface area contributed by atoms with E-state index in [1.807, 2.05) is 0 Å². The number of ether oxygens (including phenoxy) is 1. The Labute approximate surface area is 106 Å². The van der Waals surface area contributed by atoms with Gasteiger partial charge in [-0.3, -0.25) is 5.10 Å². The van der Waals surface area contributed by atoms with Gasteiger partial charge in [0, 0.05) is 13.4 Å². The summed E-state index contributed by atoms with van der Waals surface area (Å²) in [4.78, 5) is 0. The minimum atomic E-state index is -3.28. The Kier molecular flexibility index (Phi) is 4.11. The molecule has 0 saturated carbocycles. The molecule has 98 valence electrons. The maximum absolute atomic E-state index is 11.8. The number of hydrogen-bond donors (Lipinski definition) is 1. The molecule has 1 aromatic rings. The number of aromatic amines is 1. The molecule has 0 aliphatic heterocycles. The van der Waals surface area contributed by atoms with Gasteiger partial charge in [-0.15, -0.1) is 0 Å². The minimum absolute atomic E-state index is 0.397. The van der Waals surface area contributed by atoms with Crippen molar-refractivity contribution in [2.24, 2.45) is 0 Å². The van der Waals surface area contributed by atoms with Gasteiger partial charge in [-0.05, 0) is 26.1 Å². The quantitative estimate of drug-likeness (QED) is 0.809. The second kappa shape index (κ2) is 4.87. The summed E-state index contributed by atoms with van der Waals surface area (Å²) in [5.74, 6) is 0.405. The van der Waals surface area contributed by atoms with E-state index < -0.39 is 14.6 Å². The highest BCUT2D eigenvalue weighted by Gasteiger charge is 2.37. The van der Waals surface area contributed by atoms with Gasteiger partial charge in [0.1, 0.15) is 4.75 Å². The van der Waals surface area contributed by atoms with Crippen molar-refractivity contribution in [3.8, 4) is 0 Å². The molecule has 0 atom stereocenters. The van der Waals surface area contributed by atoms with Gasteiger partial charge < -0.3 is 9.30 Å². The molecule has 0 saturated heterocycles. The van der Waals surface area contributed by atoms with Crippen LogP contribution in [0.1, 0.15) is 19.7 Å². The van der Waals surface area contributed by atoms with Gasteiger partial charge in [-0.25, -0.2) is 8.42 Å². The summed E-state index contributed by atoms with van der Waals surface area (Å²) < 4.78 is 29.4. The molecule has 1 aromatic heterocycles. The van der Waals surface area contributed by atoms with Crippen LogP contribution in [0.5, 0.6) is 0 Å². The van der Waals surface area contributed by atoms with E-state index in [4.69, 9.17) is 17.0 Å².